The van der Waals surface area contributed by atoms with E-state index >= 15 is 0 Å². The van der Waals surface area contributed by atoms with Crippen LogP contribution < -0.4 is 10.2 Å². The van der Waals surface area contributed by atoms with Crippen molar-refractivity contribution in [2.24, 2.45) is 0 Å². The lowest BCUT2D eigenvalue weighted by atomic mass is 10.1. The number of carbonyl (C=O) groups excluding carboxylic acids is 2. The van der Waals surface area contributed by atoms with Gasteiger partial charge in [0.2, 0.25) is 5.91 Å². The predicted octanol–water partition coefficient (Wildman–Crippen LogP) is 4.34. The Morgan fingerprint density at radius 2 is 1.79 bits per heavy atom. The van der Waals surface area contributed by atoms with Crippen LogP contribution in [-0.4, -0.2) is 32.1 Å². The third-order valence-electron chi connectivity index (χ3n) is 5.13. The van der Waals surface area contributed by atoms with Gasteiger partial charge in [0, 0.05) is 19.5 Å². The number of ether oxygens (including phenoxy) is 1. The molecule has 0 spiro atoms. The first kappa shape index (κ1) is 19.9. The average Bonchev–Trinajstić information content (AvgIpc) is 3.23. The molecular formula is C23H28N2O3. The Kier molecular flexibility index (Phi) is 6.69. The number of nitrogens with zero attached hydrogens (tertiary/aromatic N) is 1. The number of hydrogen-bond acceptors (Lipinski definition) is 4. The van der Waals surface area contributed by atoms with Crippen molar-refractivity contribution in [3.63, 3.8) is 0 Å². The topological polar surface area (TPSA) is 58.6 Å². The summed E-state index contributed by atoms with van der Waals surface area (Å²) in [6.07, 6.45) is 4.38. The quantitative estimate of drug-likeness (QED) is 0.726. The van der Waals surface area contributed by atoms with E-state index in [0.29, 0.717) is 17.7 Å². The van der Waals surface area contributed by atoms with Crippen molar-refractivity contribution in [1.29, 1.82) is 0 Å². The van der Waals surface area contributed by atoms with Crippen molar-refractivity contribution < 1.29 is 14.3 Å². The van der Waals surface area contributed by atoms with Crippen LogP contribution >= 0.6 is 0 Å². The van der Waals surface area contributed by atoms with Gasteiger partial charge < -0.3 is 15.0 Å². The number of methoxy groups -OCH3 is 1. The van der Waals surface area contributed by atoms with Crippen LogP contribution in [0.2, 0.25) is 0 Å². The van der Waals surface area contributed by atoms with Crippen molar-refractivity contribution in [3.05, 3.63) is 59.2 Å². The Hall–Kier alpha value is -2.82. The van der Waals surface area contributed by atoms with Gasteiger partial charge in [-0.25, -0.2) is 4.79 Å². The summed E-state index contributed by atoms with van der Waals surface area (Å²) in [5, 5.41) is 3.01. The highest BCUT2D eigenvalue weighted by atomic mass is 16.5. The van der Waals surface area contributed by atoms with Crippen LogP contribution in [0.3, 0.4) is 0 Å². The maximum Gasteiger partial charge on any atom is 0.337 e. The van der Waals surface area contributed by atoms with E-state index in [1.165, 1.54) is 18.2 Å². The van der Waals surface area contributed by atoms with E-state index in [2.05, 4.69) is 41.4 Å². The van der Waals surface area contributed by atoms with Gasteiger partial charge in [0.1, 0.15) is 0 Å². The molecule has 1 fully saturated rings. The molecular weight excluding hydrogens is 352 g/mol. The van der Waals surface area contributed by atoms with E-state index in [1.807, 2.05) is 6.07 Å². The van der Waals surface area contributed by atoms with Crippen LogP contribution in [0.5, 0.6) is 0 Å². The number of amides is 1. The first-order chi connectivity index (χ1) is 13.6. The van der Waals surface area contributed by atoms with E-state index in [-0.39, 0.29) is 5.91 Å². The standard InChI is InChI=1S/C23H28N2O3/c1-17-8-10-18(11-9-17)6-5-7-22(26)24-20-16-19(23(27)28-2)12-13-21(20)25-14-3-4-15-25/h8-13,16H,3-7,14-15H2,1-2H3,(H,24,26). The van der Waals surface area contributed by atoms with Gasteiger partial charge in [0.05, 0.1) is 24.0 Å². The van der Waals surface area contributed by atoms with Gasteiger partial charge in [-0.2, -0.15) is 0 Å². The second-order valence-electron chi connectivity index (χ2n) is 7.30. The van der Waals surface area contributed by atoms with E-state index in [0.717, 1.165) is 44.5 Å². The molecule has 2 aromatic carbocycles. The minimum absolute atomic E-state index is 0.0328. The fourth-order valence-electron chi connectivity index (χ4n) is 3.54. The molecule has 0 saturated carbocycles. The molecule has 0 aromatic heterocycles. The lowest BCUT2D eigenvalue weighted by Gasteiger charge is -2.22. The fourth-order valence-corrected chi connectivity index (χ4v) is 3.54. The molecule has 0 unspecified atom stereocenters. The summed E-state index contributed by atoms with van der Waals surface area (Å²) in [5.74, 6) is -0.433. The van der Waals surface area contributed by atoms with Crippen LogP contribution in [0.1, 0.15) is 47.2 Å². The molecule has 0 radical (unpaired) electrons. The normalized spacial score (nSPS) is 13.4. The van der Waals surface area contributed by atoms with Gasteiger partial charge in [-0.15, -0.1) is 0 Å². The molecule has 0 bridgehead atoms. The Balaban J connectivity index is 1.65. The molecule has 2 aromatic rings. The van der Waals surface area contributed by atoms with Gasteiger partial charge in [-0.1, -0.05) is 29.8 Å². The number of rotatable bonds is 7. The Morgan fingerprint density at radius 3 is 2.46 bits per heavy atom. The zero-order chi connectivity index (χ0) is 19.9. The number of esters is 1. The predicted molar refractivity (Wildman–Crippen MR) is 112 cm³/mol. The highest BCUT2D eigenvalue weighted by molar-refractivity contribution is 5.98. The van der Waals surface area contributed by atoms with Crippen LogP contribution in [0, 0.1) is 6.92 Å². The molecule has 5 heteroatoms. The molecule has 1 aliphatic heterocycles. The smallest absolute Gasteiger partial charge is 0.337 e. The van der Waals surface area contributed by atoms with Crippen molar-refractivity contribution in [3.8, 4) is 0 Å². The summed E-state index contributed by atoms with van der Waals surface area (Å²) in [5.41, 5.74) is 4.58. The summed E-state index contributed by atoms with van der Waals surface area (Å²) in [7, 11) is 1.36. The molecule has 1 heterocycles. The van der Waals surface area contributed by atoms with Crippen molar-refractivity contribution in [2.75, 3.05) is 30.4 Å². The molecule has 5 nitrogen and oxygen atoms in total. The molecule has 0 aliphatic carbocycles. The zero-order valence-electron chi connectivity index (χ0n) is 16.7. The first-order valence-electron chi connectivity index (χ1n) is 9.89. The van der Waals surface area contributed by atoms with E-state index in [4.69, 9.17) is 4.74 Å². The van der Waals surface area contributed by atoms with E-state index < -0.39 is 5.97 Å². The third kappa shape index (κ3) is 5.12. The molecule has 1 N–H and O–H groups in total. The second kappa shape index (κ2) is 9.40. The van der Waals surface area contributed by atoms with Crippen LogP contribution in [-0.2, 0) is 16.0 Å². The third-order valence-corrected chi connectivity index (χ3v) is 5.13. The number of hydrogen-bond donors (Lipinski definition) is 1. The van der Waals surface area contributed by atoms with Gasteiger partial charge in [0.15, 0.2) is 0 Å². The summed E-state index contributed by atoms with van der Waals surface area (Å²) >= 11 is 0. The Labute approximate surface area is 166 Å². The molecule has 3 rings (SSSR count). The van der Waals surface area contributed by atoms with Gasteiger partial charge in [0.25, 0.3) is 0 Å². The lowest BCUT2D eigenvalue weighted by molar-refractivity contribution is -0.116. The monoisotopic (exact) mass is 380 g/mol. The number of benzene rings is 2. The largest absolute Gasteiger partial charge is 0.465 e. The van der Waals surface area contributed by atoms with Crippen molar-refractivity contribution >= 4 is 23.3 Å². The number of anilines is 2. The lowest BCUT2D eigenvalue weighted by Crippen LogP contribution is -2.21. The van der Waals surface area contributed by atoms with Crippen LogP contribution in [0.4, 0.5) is 11.4 Å². The summed E-state index contributed by atoms with van der Waals surface area (Å²) in [6.45, 7) is 4.00. The molecule has 1 amide bonds. The van der Waals surface area contributed by atoms with Crippen molar-refractivity contribution in [2.45, 2.75) is 39.0 Å². The minimum Gasteiger partial charge on any atom is -0.465 e. The maximum atomic E-state index is 12.5. The number of aryl methyl sites for hydroxylation is 2. The fraction of sp³-hybridized carbons (Fsp3) is 0.391. The molecule has 0 atom stereocenters. The summed E-state index contributed by atoms with van der Waals surface area (Å²) in [6, 6.07) is 13.8. The zero-order valence-corrected chi connectivity index (χ0v) is 16.7. The maximum absolute atomic E-state index is 12.5. The highest BCUT2D eigenvalue weighted by Gasteiger charge is 2.19. The molecule has 1 saturated heterocycles. The SMILES string of the molecule is COC(=O)c1ccc(N2CCCC2)c(NC(=O)CCCc2ccc(C)cc2)c1. The average molecular weight is 380 g/mol. The second-order valence-corrected chi connectivity index (χ2v) is 7.30. The summed E-state index contributed by atoms with van der Waals surface area (Å²) < 4.78 is 4.82. The van der Waals surface area contributed by atoms with Gasteiger partial charge in [-0.05, 0) is 56.4 Å². The molecule has 28 heavy (non-hydrogen) atoms. The van der Waals surface area contributed by atoms with E-state index in [9.17, 15) is 9.59 Å². The molecule has 148 valence electrons. The number of carbonyl (C=O) groups is 2. The minimum atomic E-state index is -0.400. The van der Waals surface area contributed by atoms with Crippen LogP contribution in [0.15, 0.2) is 42.5 Å². The van der Waals surface area contributed by atoms with E-state index in [1.54, 1.807) is 12.1 Å². The summed E-state index contributed by atoms with van der Waals surface area (Å²) in [4.78, 5) is 26.7. The Bertz CT molecular complexity index is 824. The van der Waals surface area contributed by atoms with Crippen LogP contribution in [0.25, 0.3) is 0 Å². The Morgan fingerprint density at radius 1 is 1.07 bits per heavy atom. The highest BCUT2D eigenvalue weighted by Crippen LogP contribution is 2.30. The van der Waals surface area contributed by atoms with Gasteiger partial charge in [-0.3, -0.25) is 4.79 Å². The molecule has 1 aliphatic rings. The van der Waals surface area contributed by atoms with Crippen molar-refractivity contribution in [1.82, 2.24) is 0 Å². The van der Waals surface area contributed by atoms with Gasteiger partial charge >= 0.3 is 5.97 Å². The number of nitrogens with one attached hydrogen (secondary N) is 1. The first-order valence-corrected chi connectivity index (χ1v) is 9.89.